The van der Waals surface area contributed by atoms with E-state index in [9.17, 15) is 9.59 Å². The first-order valence-corrected chi connectivity index (χ1v) is 6.30. The third kappa shape index (κ3) is 4.24. The van der Waals surface area contributed by atoms with Crippen LogP contribution in [0, 0.1) is 11.8 Å². The van der Waals surface area contributed by atoms with Gasteiger partial charge in [0.05, 0.1) is 5.92 Å². The molecule has 0 aliphatic carbocycles. The third-order valence-corrected chi connectivity index (χ3v) is 3.43. The first-order chi connectivity index (χ1) is 8.04. The Hall–Kier alpha value is -1.26. The molecule has 1 unspecified atom stereocenters. The number of urea groups is 1. The zero-order valence-electron chi connectivity index (χ0n) is 10.6. The van der Waals surface area contributed by atoms with E-state index in [1.165, 1.54) is 0 Å². The van der Waals surface area contributed by atoms with Gasteiger partial charge < -0.3 is 15.3 Å². The molecule has 1 heterocycles. The van der Waals surface area contributed by atoms with Crippen LogP contribution in [0.3, 0.4) is 0 Å². The van der Waals surface area contributed by atoms with Crippen molar-refractivity contribution in [1.82, 2.24) is 10.2 Å². The van der Waals surface area contributed by atoms with Gasteiger partial charge in [-0.2, -0.15) is 0 Å². The Balaban J connectivity index is 2.28. The Morgan fingerprint density at radius 3 is 2.47 bits per heavy atom. The van der Waals surface area contributed by atoms with Crippen molar-refractivity contribution in [1.29, 1.82) is 0 Å². The lowest BCUT2D eigenvalue weighted by atomic mass is 9.97. The van der Waals surface area contributed by atoms with Crippen LogP contribution < -0.4 is 5.32 Å². The molecule has 0 bridgehead atoms. The second-order valence-corrected chi connectivity index (χ2v) is 4.80. The van der Waals surface area contributed by atoms with Crippen molar-refractivity contribution in [2.45, 2.75) is 33.1 Å². The van der Waals surface area contributed by atoms with E-state index in [1.807, 2.05) is 0 Å². The molecular weight excluding hydrogens is 220 g/mol. The van der Waals surface area contributed by atoms with Crippen LogP contribution in [0.15, 0.2) is 0 Å². The number of nitrogens with zero attached hydrogens (tertiary/aromatic N) is 1. The van der Waals surface area contributed by atoms with Gasteiger partial charge in [-0.1, -0.05) is 20.3 Å². The molecule has 1 aliphatic heterocycles. The van der Waals surface area contributed by atoms with Crippen LogP contribution in [0.5, 0.6) is 0 Å². The molecule has 0 saturated carbocycles. The number of piperidine rings is 1. The van der Waals surface area contributed by atoms with Crippen LogP contribution in [0.2, 0.25) is 0 Å². The van der Waals surface area contributed by atoms with Crippen LogP contribution >= 0.6 is 0 Å². The van der Waals surface area contributed by atoms with Gasteiger partial charge in [0.1, 0.15) is 0 Å². The number of carbonyl (C=O) groups excluding carboxylic acids is 1. The Bertz CT molecular complexity index is 273. The molecule has 1 atom stereocenters. The van der Waals surface area contributed by atoms with Crippen molar-refractivity contribution < 1.29 is 14.7 Å². The zero-order chi connectivity index (χ0) is 12.8. The fourth-order valence-corrected chi connectivity index (χ4v) is 1.85. The summed E-state index contributed by atoms with van der Waals surface area (Å²) in [4.78, 5) is 24.2. The van der Waals surface area contributed by atoms with Gasteiger partial charge in [-0.05, 0) is 18.8 Å². The number of hydrogen-bond donors (Lipinski definition) is 2. The minimum atomic E-state index is -0.746. The summed E-state index contributed by atoms with van der Waals surface area (Å²) in [6.45, 7) is 5.97. The molecule has 1 rings (SSSR count). The quantitative estimate of drug-likeness (QED) is 0.785. The summed E-state index contributed by atoms with van der Waals surface area (Å²) < 4.78 is 0. The molecule has 0 radical (unpaired) electrons. The Labute approximate surface area is 102 Å². The van der Waals surface area contributed by atoms with Gasteiger partial charge in [0.25, 0.3) is 0 Å². The summed E-state index contributed by atoms with van der Waals surface area (Å²) in [5.41, 5.74) is 0. The highest BCUT2D eigenvalue weighted by atomic mass is 16.4. The molecule has 5 heteroatoms. The predicted molar refractivity (Wildman–Crippen MR) is 64.8 cm³/mol. The van der Waals surface area contributed by atoms with Crippen molar-refractivity contribution in [2.24, 2.45) is 11.8 Å². The Morgan fingerprint density at radius 1 is 1.41 bits per heavy atom. The molecule has 0 aromatic rings. The first-order valence-electron chi connectivity index (χ1n) is 6.30. The summed E-state index contributed by atoms with van der Waals surface area (Å²) in [6, 6.07) is -0.0610. The van der Waals surface area contributed by atoms with Gasteiger partial charge in [-0.3, -0.25) is 4.79 Å². The van der Waals surface area contributed by atoms with E-state index in [0.717, 1.165) is 6.42 Å². The summed E-state index contributed by atoms with van der Waals surface area (Å²) in [6.07, 6.45) is 2.17. The number of likely N-dealkylation sites (tertiary alicyclic amines) is 1. The van der Waals surface area contributed by atoms with Gasteiger partial charge in [0.2, 0.25) is 0 Å². The van der Waals surface area contributed by atoms with E-state index in [-0.39, 0.29) is 11.9 Å². The maximum atomic E-state index is 11.8. The number of carboxylic acid groups (broad SMARTS) is 1. The Kier molecular flexibility index (Phi) is 5.25. The molecule has 0 aromatic carbocycles. The summed E-state index contributed by atoms with van der Waals surface area (Å²) in [5.74, 6) is -0.547. The van der Waals surface area contributed by atoms with Gasteiger partial charge in [0, 0.05) is 19.6 Å². The van der Waals surface area contributed by atoms with E-state index in [1.54, 1.807) is 4.90 Å². The average molecular weight is 242 g/mol. The molecule has 5 nitrogen and oxygen atoms in total. The highest BCUT2D eigenvalue weighted by molar-refractivity contribution is 5.75. The fourth-order valence-electron chi connectivity index (χ4n) is 1.85. The van der Waals surface area contributed by atoms with Crippen molar-refractivity contribution in [3.05, 3.63) is 0 Å². The highest BCUT2D eigenvalue weighted by Crippen LogP contribution is 2.17. The molecule has 0 spiro atoms. The maximum absolute atomic E-state index is 11.8. The molecule has 1 fully saturated rings. The number of aliphatic carboxylic acids is 1. The van der Waals surface area contributed by atoms with E-state index in [4.69, 9.17) is 5.11 Å². The Morgan fingerprint density at radius 2 is 2.00 bits per heavy atom. The van der Waals surface area contributed by atoms with E-state index >= 15 is 0 Å². The first kappa shape index (κ1) is 13.8. The fraction of sp³-hybridized carbons (Fsp3) is 0.833. The number of amides is 2. The lowest BCUT2D eigenvalue weighted by molar-refractivity contribution is -0.143. The standard InChI is InChI=1S/C12H22N2O3/c1-3-9(2)8-13-12(17)14-6-4-10(5-7-14)11(15)16/h9-10H,3-8H2,1-2H3,(H,13,17)(H,15,16). The normalized spacial score (nSPS) is 18.8. The lowest BCUT2D eigenvalue weighted by Gasteiger charge is -2.30. The second-order valence-electron chi connectivity index (χ2n) is 4.80. The number of hydrogen-bond acceptors (Lipinski definition) is 2. The predicted octanol–water partition coefficient (Wildman–Crippen LogP) is 1.54. The molecule has 17 heavy (non-hydrogen) atoms. The van der Waals surface area contributed by atoms with Gasteiger partial charge in [-0.25, -0.2) is 4.79 Å². The smallest absolute Gasteiger partial charge is 0.317 e. The topological polar surface area (TPSA) is 69.6 Å². The monoisotopic (exact) mass is 242 g/mol. The van der Waals surface area contributed by atoms with E-state index in [2.05, 4.69) is 19.2 Å². The van der Waals surface area contributed by atoms with E-state index in [0.29, 0.717) is 38.4 Å². The van der Waals surface area contributed by atoms with Crippen molar-refractivity contribution >= 4 is 12.0 Å². The van der Waals surface area contributed by atoms with Gasteiger partial charge >= 0.3 is 12.0 Å². The van der Waals surface area contributed by atoms with Crippen LogP contribution in [0.25, 0.3) is 0 Å². The molecule has 2 N–H and O–H groups in total. The minimum absolute atomic E-state index is 0.0610. The third-order valence-electron chi connectivity index (χ3n) is 3.43. The molecule has 98 valence electrons. The molecule has 0 aromatic heterocycles. The van der Waals surface area contributed by atoms with Crippen LogP contribution in [-0.4, -0.2) is 41.6 Å². The molecule has 2 amide bonds. The van der Waals surface area contributed by atoms with Gasteiger partial charge in [-0.15, -0.1) is 0 Å². The van der Waals surface area contributed by atoms with Crippen LogP contribution in [0.1, 0.15) is 33.1 Å². The zero-order valence-corrected chi connectivity index (χ0v) is 10.6. The second kappa shape index (κ2) is 6.47. The van der Waals surface area contributed by atoms with E-state index < -0.39 is 5.97 Å². The van der Waals surface area contributed by atoms with Crippen molar-refractivity contribution in [2.75, 3.05) is 19.6 Å². The number of carbonyl (C=O) groups is 2. The number of carboxylic acids is 1. The average Bonchev–Trinajstić information content (AvgIpc) is 2.35. The van der Waals surface area contributed by atoms with Crippen molar-refractivity contribution in [3.63, 3.8) is 0 Å². The molecule has 1 aliphatic rings. The summed E-state index contributed by atoms with van der Waals surface area (Å²) >= 11 is 0. The van der Waals surface area contributed by atoms with Crippen LogP contribution in [-0.2, 0) is 4.79 Å². The van der Waals surface area contributed by atoms with Gasteiger partial charge in [0.15, 0.2) is 0 Å². The SMILES string of the molecule is CCC(C)CNC(=O)N1CCC(C(=O)O)CC1. The lowest BCUT2D eigenvalue weighted by Crippen LogP contribution is -2.46. The number of nitrogens with one attached hydrogen (secondary N) is 1. The minimum Gasteiger partial charge on any atom is -0.481 e. The van der Waals surface area contributed by atoms with Crippen molar-refractivity contribution in [3.8, 4) is 0 Å². The number of rotatable bonds is 4. The largest absolute Gasteiger partial charge is 0.481 e. The summed E-state index contributed by atoms with van der Waals surface area (Å²) in [5, 5.41) is 11.7. The van der Waals surface area contributed by atoms with Crippen LogP contribution in [0.4, 0.5) is 4.79 Å². The highest BCUT2D eigenvalue weighted by Gasteiger charge is 2.26. The molecule has 1 saturated heterocycles. The molecular formula is C12H22N2O3. The summed E-state index contributed by atoms with van der Waals surface area (Å²) in [7, 11) is 0. The maximum Gasteiger partial charge on any atom is 0.317 e.